The Morgan fingerprint density at radius 2 is 1.31 bits per heavy atom. The summed E-state index contributed by atoms with van der Waals surface area (Å²) in [7, 11) is 0. The van der Waals surface area contributed by atoms with E-state index in [2.05, 4.69) is 18.2 Å². The van der Waals surface area contributed by atoms with Gasteiger partial charge in [0, 0.05) is 24.3 Å². The van der Waals surface area contributed by atoms with Gasteiger partial charge in [-0.2, -0.15) is 0 Å². The van der Waals surface area contributed by atoms with E-state index < -0.39 is 0 Å². The highest BCUT2D eigenvalue weighted by Crippen LogP contribution is 2.23. The standard InChI is InChI=1S/C31H28N2O2/c34-30(32-20-19-26-11-7-8-14-28(26)23-32)21-24-15-17-29(18-16-24)33(22-25-9-3-1-4-10-25)31(35)27-12-5-2-6-13-27/h1-18H,19-23H2. The van der Waals surface area contributed by atoms with E-state index in [1.807, 2.05) is 95.9 Å². The third-order valence-corrected chi connectivity index (χ3v) is 6.54. The molecule has 4 aromatic carbocycles. The monoisotopic (exact) mass is 460 g/mol. The molecule has 0 aliphatic carbocycles. The summed E-state index contributed by atoms with van der Waals surface area (Å²) in [6, 6.07) is 35.5. The summed E-state index contributed by atoms with van der Waals surface area (Å²) < 4.78 is 0. The molecular formula is C31H28N2O2. The van der Waals surface area contributed by atoms with Crippen LogP contribution in [-0.2, 0) is 30.7 Å². The molecule has 1 aliphatic heterocycles. The fourth-order valence-corrected chi connectivity index (χ4v) is 4.57. The van der Waals surface area contributed by atoms with Crippen LogP contribution < -0.4 is 4.90 Å². The van der Waals surface area contributed by atoms with E-state index in [4.69, 9.17) is 0 Å². The van der Waals surface area contributed by atoms with Gasteiger partial charge in [-0.05, 0) is 52.9 Å². The van der Waals surface area contributed by atoms with Gasteiger partial charge in [0.1, 0.15) is 0 Å². The number of rotatable bonds is 6. The first kappa shape index (κ1) is 22.6. The lowest BCUT2D eigenvalue weighted by atomic mass is 9.99. The smallest absolute Gasteiger partial charge is 0.258 e. The van der Waals surface area contributed by atoms with Crippen LogP contribution >= 0.6 is 0 Å². The summed E-state index contributed by atoms with van der Waals surface area (Å²) in [5, 5.41) is 0. The van der Waals surface area contributed by atoms with Gasteiger partial charge in [0.05, 0.1) is 13.0 Å². The van der Waals surface area contributed by atoms with Crippen LogP contribution in [0.2, 0.25) is 0 Å². The molecule has 0 N–H and O–H groups in total. The minimum absolute atomic E-state index is 0.0507. The van der Waals surface area contributed by atoms with Gasteiger partial charge >= 0.3 is 0 Å². The number of hydrogen-bond donors (Lipinski definition) is 0. The largest absolute Gasteiger partial charge is 0.338 e. The molecule has 1 heterocycles. The molecule has 0 fully saturated rings. The van der Waals surface area contributed by atoms with E-state index in [-0.39, 0.29) is 11.8 Å². The molecule has 0 unspecified atom stereocenters. The molecular weight excluding hydrogens is 432 g/mol. The molecule has 35 heavy (non-hydrogen) atoms. The van der Waals surface area contributed by atoms with Crippen LogP contribution in [0.25, 0.3) is 0 Å². The fraction of sp³-hybridized carbons (Fsp3) is 0.161. The molecule has 0 bridgehead atoms. The molecule has 2 amide bonds. The molecule has 5 rings (SSSR count). The first-order valence-corrected chi connectivity index (χ1v) is 12.0. The third kappa shape index (κ3) is 5.33. The highest BCUT2D eigenvalue weighted by atomic mass is 16.2. The van der Waals surface area contributed by atoms with Crippen molar-refractivity contribution in [1.29, 1.82) is 0 Å². The van der Waals surface area contributed by atoms with Gasteiger partial charge in [-0.1, -0.05) is 84.9 Å². The summed E-state index contributed by atoms with van der Waals surface area (Å²) in [6.45, 7) is 1.90. The van der Waals surface area contributed by atoms with Crippen molar-refractivity contribution in [2.24, 2.45) is 0 Å². The highest BCUT2D eigenvalue weighted by Gasteiger charge is 2.21. The minimum atomic E-state index is -0.0507. The molecule has 0 aromatic heterocycles. The van der Waals surface area contributed by atoms with Crippen LogP contribution in [0.15, 0.2) is 109 Å². The Labute approximate surface area is 206 Å². The number of fused-ring (bicyclic) bond motifs is 1. The number of hydrogen-bond acceptors (Lipinski definition) is 2. The van der Waals surface area contributed by atoms with Crippen molar-refractivity contribution in [3.05, 3.63) is 137 Å². The van der Waals surface area contributed by atoms with Crippen molar-refractivity contribution < 1.29 is 9.59 Å². The Hall–Kier alpha value is -4.18. The summed E-state index contributed by atoms with van der Waals surface area (Å²) in [4.78, 5) is 30.1. The molecule has 1 aliphatic rings. The zero-order valence-corrected chi connectivity index (χ0v) is 19.6. The van der Waals surface area contributed by atoms with Crippen molar-refractivity contribution in [1.82, 2.24) is 4.90 Å². The summed E-state index contributed by atoms with van der Waals surface area (Å²) >= 11 is 0. The Morgan fingerprint density at radius 1 is 0.686 bits per heavy atom. The molecule has 174 valence electrons. The lowest BCUT2D eigenvalue weighted by Gasteiger charge is -2.29. The number of benzene rings is 4. The van der Waals surface area contributed by atoms with Crippen molar-refractivity contribution in [3.8, 4) is 0 Å². The molecule has 4 nitrogen and oxygen atoms in total. The fourth-order valence-electron chi connectivity index (χ4n) is 4.57. The van der Waals surface area contributed by atoms with Gasteiger partial charge in [-0.25, -0.2) is 0 Å². The van der Waals surface area contributed by atoms with E-state index in [9.17, 15) is 9.59 Å². The Balaban J connectivity index is 1.32. The van der Waals surface area contributed by atoms with Crippen LogP contribution in [0, 0.1) is 0 Å². The van der Waals surface area contributed by atoms with E-state index >= 15 is 0 Å². The Morgan fingerprint density at radius 3 is 2.03 bits per heavy atom. The number of amides is 2. The lowest BCUT2D eigenvalue weighted by molar-refractivity contribution is -0.131. The summed E-state index contributed by atoms with van der Waals surface area (Å²) in [5.41, 5.74) is 6.03. The predicted octanol–water partition coefficient (Wildman–Crippen LogP) is 5.66. The molecule has 0 spiro atoms. The zero-order valence-electron chi connectivity index (χ0n) is 19.6. The second-order valence-corrected chi connectivity index (χ2v) is 8.92. The number of carbonyl (C=O) groups is 2. The van der Waals surface area contributed by atoms with Crippen LogP contribution in [0.1, 0.15) is 32.6 Å². The molecule has 0 atom stereocenters. The maximum absolute atomic E-state index is 13.4. The first-order valence-electron chi connectivity index (χ1n) is 12.0. The van der Waals surface area contributed by atoms with Crippen molar-refractivity contribution >= 4 is 17.5 Å². The maximum atomic E-state index is 13.4. The van der Waals surface area contributed by atoms with Gasteiger partial charge in [0.15, 0.2) is 0 Å². The van der Waals surface area contributed by atoms with Gasteiger partial charge in [0.25, 0.3) is 5.91 Å². The van der Waals surface area contributed by atoms with Crippen molar-refractivity contribution in [3.63, 3.8) is 0 Å². The van der Waals surface area contributed by atoms with Gasteiger partial charge in [-0.15, -0.1) is 0 Å². The number of anilines is 1. The van der Waals surface area contributed by atoms with Crippen molar-refractivity contribution in [2.75, 3.05) is 11.4 Å². The SMILES string of the molecule is O=C(Cc1ccc(N(Cc2ccccc2)C(=O)c2ccccc2)cc1)N1CCc2ccccc2C1. The Kier molecular flexibility index (Phi) is 6.71. The van der Waals surface area contributed by atoms with E-state index in [0.717, 1.165) is 29.8 Å². The minimum Gasteiger partial charge on any atom is -0.338 e. The van der Waals surface area contributed by atoms with Crippen LogP contribution in [0.3, 0.4) is 0 Å². The third-order valence-electron chi connectivity index (χ3n) is 6.54. The molecule has 4 heteroatoms. The number of nitrogens with zero attached hydrogens (tertiary/aromatic N) is 2. The quantitative estimate of drug-likeness (QED) is 0.372. The second-order valence-electron chi connectivity index (χ2n) is 8.92. The van der Waals surface area contributed by atoms with Crippen LogP contribution in [0.4, 0.5) is 5.69 Å². The second kappa shape index (κ2) is 10.4. The summed E-state index contributed by atoms with van der Waals surface area (Å²) in [6.07, 6.45) is 1.25. The van der Waals surface area contributed by atoms with E-state index in [1.54, 1.807) is 4.90 Å². The predicted molar refractivity (Wildman–Crippen MR) is 139 cm³/mol. The highest BCUT2D eigenvalue weighted by molar-refractivity contribution is 6.06. The first-order chi connectivity index (χ1) is 17.2. The van der Waals surface area contributed by atoms with E-state index in [0.29, 0.717) is 25.1 Å². The average molecular weight is 461 g/mol. The topological polar surface area (TPSA) is 40.6 Å². The van der Waals surface area contributed by atoms with Gasteiger partial charge < -0.3 is 9.80 Å². The molecule has 0 saturated carbocycles. The Bertz CT molecular complexity index is 1300. The molecule has 0 radical (unpaired) electrons. The van der Waals surface area contributed by atoms with Crippen LogP contribution in [0.5, 0.6) is 0 Å². The average Bonchev–Trinajstić information content (AvgIpc) is 2.92. The maximum Gasteiger partial charge on any atom is 0.258 e. The van der Waals surface area contributed by atoms with E-state index in [1.165, 1.54) is 11.1 Å². The van der Waals surface area contributed by atoms with Crippen LogP contribution in [-0.4, -0.2) is 23.3 Å². The van der Waals surface area contributed by atoms with Gasteiger partial charge in [0.2, 0.25) is 5.91 Å². The zero-order chi connectivity index (χ0) is 24.0. The normalized spacial score (nSPS) is 12.6. The van der Waals surface area contributed by atoms with Crippen molar-refractivity contribution in [2.45, 2.75) is 25.9 Å². The van der Waals surface area contributed by atoms with Gasteiger partial charge in [-0.3, -0.25) is 9.59 Å². The molecule has 0 saturated heterocycles. The lowest BCUT2D eigenvalue weighted by Crippen LogP contribution is -2.36. The summed E-state index contributed by atoms with van der Waals surface area (Å²) in [5.74, 6) is 0.0824. The number of carbonyl (C=O) groups excluding carboxylic acids is 2. The molecule has 4 aromatic rings.